The lowest BCUT2D eigenvalue weighted by molar-refractivity contribution is -0.120. The molecule has 0 radical (unpaired) electrons. The first-order chi connectivity index (χ1) is 9.65. The summed E-state index contributed by atoms with van der Waals surface area (Å²) in [6, 6.07) is -1.39. The van der Waals surface area contributed by atoms with E-state index in [0.29, 0.717) is 5.69 Å². The van der Waals surface area contributed by atoms with Crippen molar-refractivity contribution in [2.24, 2.45) is 5.73 Å². The lowest BCUT2D eigenvalue weighted by atomic mass is 10.2. The number of carbonyl (C=O) groups is 2. The van der Waals surface area contributed by atoms with Crippen molar-refractivity contribution in [3.05, 3.63) is 18.2 Å². The Kier molecular flexibility index (Phi) is 5.31. The fourth-order valence-electron chi connectivity index (χ4n) is 1.71. The van der Waals surface area contributed by atoms with Crippen LogP contribution in [0, 0.1) is 0 Å². The molecule has 0 spiro atoms. The molecule has 0 bridgehead atoms. The largest absolute Gasteiger partial charge is 0.444 e. The predicted molar refractivity (Wildman–Crippen MR) is 75.3 cm³/mol. The number of imidazole rings is 1. The lowest BCUT2D eigenvalue weighted by Gasteiger charge is -2.24. The van der Waals surface area contributed by atoms with E-state index in [1.165, 1.54) is 17.1 Å². The van der Waals surface area contributed by atoms with Crippen LogP contribution >= 0.6 is 0 Å². The van der Waals surface area contributed by atoms with E-state index < -0.39 is 29.7 Å². The van der Waals surface area contributed by atoms with Gasteiger partial charge < -0.3 is 25.5 Å². The summed E-state index contributed by atoms with van der Waals surface area (Å²) >= 11 is 0. The van der Waals surface area contributed by atoms with Crippen molar-refractivity contribution in [2.45, 2.75) is 45.4 Å². The Hall–Kier alpha value is -2.09. The molecular formula is C13H22N4O4. The first-order valence-electron chi connectivity index (χ1n) is 6.57. The van der Waals surface area contributed by atoms with Crippen LogP contribution in [0.25, 0.3) is 0 Å². The van der Waals surface area contributed by atoms with Crippen molar-refractivity contribution in [1.82, 2.24) is 14.9 Å². The van der Waals surface area contributed by atoms with Crippen molar-refractivity contribution in [2.75, 3.05) is 6.61 Å². The molecule has 4 N–H and O–H groups in total. The summed E-state index contributed by atoms with van der Waals surface area (Å²) in [5.41, 5.74) is 5.08. The molecule has 8 heteroatoms. The summed E-state index contributed by atoms with van der Waals surface area (Å²) in [6.45, 7) is 6.45. The number of nitrogens with zero attached hydrogens (tertiary/aromatic N) is 2. The van der Waals surface area contributed by atoms with E-state index in [1.807, 2.05) is 0 Å². The predicted octanol–water partition coefficient (Wildman–Crippen LogP) is 0.487. The molecule has 1 rings (SSSR count). The summed E-state index contributed by atoms with van der Waals surface area (Å²) in [7, 11) is 0. The first-order valence-corrected chi connectivity index (χ1v) is 6.57. The van der Waals surface area contributed by atoms with Gasteiger partial charge in [0.1, 0.15) is 11.6 Å². The van der Waals surface area contributed by atoms with Gasteiger partial charge in [0, 0.05) is 0 Å². The minimum atomic E-state index is -0.746. The summed E-state index contributed by atoms with van der Waals surface area (Å²) in [5, 5.41) is 12.0. The summed E-state index contributed by atoms with van der Waals surface area (Å²) in [6.07, 6.45) is 2.21. The standard InChI is InChI=1S/C13H22N4O4/c1-8(11(14)19)17-7-15-5-10(17)9(6-18)16-12(20)21-13(2,3)4/h5,7-9,18H,6H2,1-4H3,(H2,14,19)(H,16,20). The molecule has 0 saturated carbocycles. The third kappa shape index (κ3) is 4.75. The summed E-state index contributed by atoms with van der Waals surface area (Å²) < 4.78 is 6.63. The van der Waals surface area contributed by atoms with Crippen molar-refractivity contribution < 1.29 is 19.4 Å². The monoisotopic (exact) mass is 298 g/mol. The Morgan fingerprint density at radius 2 is 2.14 bits per heavy atom. The van der Waals surface area contributed by atoms with Crippen molar-refractivity contribution in [3.8, 4) is 0 Å². The average molecular weight is 298 g/mol. The molecule has 21 heavy (non-hydrogen) atoms. The molecule has 118 valence electrons. The molecule has 0 fully saturated rings. The molecule has 2 amide bonds. The quantitative estimate of drug-likeness (QED) is 0.730. The van der Waals surface area contributed by atoms with E-state index in [2.05, 4.69) is 10.3 Å². The second-order valence-electron chi connectivity index (χ2n) is 5.69. The normalized spacial score (nSPS) is 14.3. The van der Waals surface area contributed by atoms with Crippen LogP contribution in [0.1, 0.15) is 45.5 Å². The average Bonchev–Trinajstić information content (AvgIpc) is 2.81. The number of hydrogen-bond donors (Lipinski definition) is 3. The van der Waals surface area contributed by atoms with E-state index in [1.54, 1.807) is 27.7 Å². The maximum atomic E-state index is 11.8. The van der Waals surface area contributed by atoms with Gasteiger partial charge >= 0.3 is 6.09 Å². The second-order valence-corrected chi connectivity index (χ2v) is 5.69. The van der Waals surface area contributed by atoms with Gasteiger partial charge in [-0.2, -0.15) is 0 Å². The van der Waals surface area contributed by atoms with Gasteiger partial charge in [-0.1, -0.05) is 0 Å². The van der Waals surface area contributed by atoms with Crippen LogP contribution in [0.3, 0.4) is 0 Å². The van der Waals surface area contributed by atoms with E-state index in [9.17, 15) is 14.7 Å². The van der Waals surface area contributed by atoms with Crippen molar-refractivity contribution >= 4 is 12.0 Å². The second kappa shape index (κ2) is 6.57. The maximum Gasteiger partial charge on any atom is 0.408 e. The molecule has 0 aromatic carbocycles. The molecule has 1 aromatic heterocycles. The molecule has 1 aromatic rings. The zero-order chi connectivity index (χ0) is 16.2. The number of alkyl carbamates (subject to hydrolysis) is 1. The van der Waals surface area contributed by atoms with Gasteiger partial charge in [0.2, 0.25) is 5.91 Å². The van der Waals surface area contributed by atoms with Crippen LogP contribution in [-0.4, -0.2) is 38.9 Å². The molecule has 0 saturated heterocycles. The first kappa shape index (κ1) is 17.0. The van der Waals surface area contributed by atoms with Crippen LogP contribution < -0.4 is 11.1 Å². The number of primary amides is 1. The third-order valence-corrected chi connectivity index (χ3v) is 2.76. The van der Waals surface area contributed by atoms with Gasteiger partial charge in [0.05, 0.1) is 30.9 Å². The SMILES string of the molecule is CC(C(N)=O)n1cncc1C(CO)NC(=O)OC(C)(C)C. The molecule has 8 nitrogen and oxygen atoms in total. The zero-order valence-electron chi connectivity index (χ0n) is 12.7. The number of aromatic nitrogens is 2. The van der Waals surface area contributed by atoms with Crippen LogP contribution in [0.5, 0.6) is 0 Å². The van der Waals surface area contributed by atoms with Gasteiger partial charge in [-0.25, -0.2) is 9.78 Å². The highest BCUT2D eigenvalue weighted by Gasteiger charge is 2.24. The number of nitrogens with two attached hydrogens (primary N) is 1. The summed E-state index contributed by atoms with van der Waals surface area (Å²) in [5.74, 6) is -0.539. The Balaban J connectivity index is 2.89. The number of aliphatic hydroxyl groups is 1. The number of nitrogens with one attached hydrogen (secondary N) is 1. The molecule has 0 aliphatic rings. The molecule has 2 unspecified atom stereocenters. The zero-order valence-corrected chi connectivity index (χ0v) is 12.7. The number of carbonyl (C=O) groups excluding carboxylic acids is 2. The highest BCUT2D eigenvalue weighted by Crippen LogP contribution is 2.18. The highest BCUT2D eigenvalue weighted by atomic mass is 16.6. The number of ether oxygens (including phenoxy) is 1. The number of amides is 2. The smallest absolute Gasteiger partial charge is 0.408 e. The molecule has 0 aliphatic carbocycles. The van der Waals surface area contributed by atoms with Crippen molar-refractivity contribution in [3.63, 3.8) is 0 Å². The number of hydrogen-bond acceptors (Lipinski definition) is 5. The molecule has 2 atom stereocenters. The van der Waals surface area contributed by atoms with Crippen LogP contribution in [0.4, 0.5) is 4.79 Å². The number of rotatable bonds is 5. The van der Waals surface area contributed by atoms with Gasteiger partial charge in [-0.3, -0.25) is 4.79 Å². The minimum absolute atomic E-state index is 0.365. The molecular weight excluding hydrogens is 276 g/mol. The van der Waals surface area contributed by atoms with Gasteiger partial charge in [0.15, 0.2) is 0 Å². The Morgan fingerprint density at radius 1 is 1.52 bits per heavy atom. The molecule has 1 heterocycles. The Bertz CT molecular complexity index is 507. The highest BCUT2D eigenvalue weighted by molar-refractivity contribution is 5.78. The van der Waals surface area contributed by atoms with Gasteiger partial charge in [0.25, 0.3) is 0 Å². The number of aliphatic hydroxyl groups excluding tert-OH is 1. The van der Waals surface area contributed by atoms with Crippen LogP contribution in [0.2, 0.25) is 0 Å². The Labute approximate surface area is 123 Å². The van der Waals surface area contributed by atoms with E-state index in [-0.39, 0.29) is 6.61 Å². The van der Waals surface area contributed by atoms with Gasteiger partial charge in [-0.15, -0.1) is 0 Å². The summed E-state index contributed by atoms with van der Waals surface area (Å²) in [4.78, 5) is 27.0. The fourth-order valence-corrected chi connectivity index (χ4v) is 1.71. The van der Waals surface area contributed by atoms with Crippen LogP contribution in [-0.2, 0) is 9.53 Å². The van der Waals surface area contributed by atoms with E-state index >= 15 is 0 Å². The third-order valence-electron chi connectivity index (χ3n) is 2.76. The minimum Gasteiger partial charge on any atom is -0.444 e. The Morgan fingerprint density at radius 3 is 2.62 bits per heavy atom. The fraction of sp³-hybridized carbons (Fsp3) is 0.615. The van der Waals surface area contributed by atoms with E-state index in [4.69, 9.17) is 10.5 Å². The van der Waals surface area contributed by atoms with Crippen LogP contribution in [0.15, 0.2) is 12.5 Å². The topological polar surface area (TPSA) is 119 Å². The molecule has 0 aliphatic heterocycles. The lowest BCUT2D eigenvalue weighted by Crippen LogP contribution is -2.37. The van der Waals surface area contributed by atoms with E-state index in [0.717, 1.165) is 0 Å². The van der Waals surface area contributed by atoms with Crippen molar-refractivity contribution in [1.29, 1.82) is 0 Å². The van der Waals surface area contributed by atoms with Gasteiger partial charge in [-0.05, 0) is 27.7 Å². The maximum absolute atomic E-state index is 11.8.